The first-order chi connectivity index (χ1) is 23.6. The van der Waals surface area contributed by atoms with Gasteiger partial charge in [-0.1, -0.05) is 36.4 Å². The molecule has 3 N–H and O–H groups in total. The van der Waals surface area contributed by atoms with Crippen LogP contribution in [0.2, 0.25) is 0 Å². The Morgan fingerprint density at radius 2 is 1.60 bits per heavy atom. The van der Waals surface area contributed by atoms with Gasteiger partial charge in [-0.15, -0.1) is 0 Å². The highest BCUT2D eigenvalue weighted by molar-refractivity contribution is 6.14. The van der Waals surface area contributed by atoms with E-state index in [1.54, 1.807) is 77.9 Å². The van der Waals surface area contributed by atoms with Gasteiger partial charge < -0.3 is 24.8 Å². The van der Waals surface area contributed by atoms with Crippen LogP contribution in [-0.4, -0.2) is 53.5 Å². The summed E-state index contributed by atoms with van der Waals surface area (Å²) in [7, 11) is 0. The van der Waals surface area contributed by atoms with Crippen molar-refractivity contribution in [2.24, 2.45) is 0 Å². The Morgan fingerprint density at radius 1 is 0.900 bits per heavy atom. The molecule has 6 rings (SSSR count). The molecular formula is C38H43N5O7. The van der Waals surface area contributed by atoms with E-state index in [1.807, 2.05) is 36.4 Å². The van der Waals surface area contributed by atoms with E-state index in [2.05, 4.69) is 20.9 Å². The van der Waals surface area contributed by atoms with Crippen LogP contribution in [0, 0.1) is 0 Å². The Bertz CT molecular complexity index is 1850. The smallest absolute Gasteiger partial charge is 0.425 e. The third-order valence-corrected chi connectivity index (χ3v) is 7.58. The van der Waals surface area contributed by atoms with Gasteiger partial charge in [0.25, 0.3) is 0 Å². The van der Waals surface area contributed by atoms with Gasteiger partial charge in [0.2, 0.25) is 5.91 Å². The molecule has 12 nitrogen and oxygen atoms in total. The molecule has 3 heterocycles. The number of aromatic nitrogens is 1. The second-order valence-electron chi connectivity index (χ2n) is 14.0. The Morgan fingerprint density at radius 3 is 2.28 bits per heavy atom. The van der Waals surface area contributed by atoms with E-state index < -0.39 is 35.4 Å². The first kappa shape index (κ1) is 35.7. The van der Waals surface area contributed by atoms with E-state index in [-0.39, 0.29) is 31.4 Å². The van der Waals surface area contributed by atoms with Gasteiger partial charge in [0, 0.05) is 42.5 Å². The average molecular weight is 682 g/mol. The normalized spacial score (nSPS) is 15.4. The average Bonchev–Trinajstić information content (AvgIpc) is 3.02. The minimum absolute atomic E-state index is 0.0728. The fourth-order valence-electron chi connectivity index (χ4n) is 5.30. The zero-order valence-corrected chi connectivity index (χ0v) is 29.2. The molecule has 1 atom stereocenters. The molecule has 0 unspecified atom stereocenters. The fraction of sp³-hybridized carbons (Fsp3) is 0.342. The molecule has 3 aromatic carbocycles. The van der Waals surface area contributed by atoms with Crippen LogP contribution in [0.4, 0.5) is 31.6 Å². The van der Waals surface area contributed by atoms with E-state index in [1.165, 1.54) is 6.20 Å². The highest BCUT2D eigenvalue weighted by atomic mass is 16.6. The summed E-state index contributed by atoms with van der Waals surface area (Å²) >= 11 is 0. The van der Waals surface area contributed by atoms with Gasteiger partial charge in [-0.2, -0.15) is 4.90 Å². The van der Waals surface area contributed by atoms with Crippen molar-refractivity contribution in [3.05, 3.63) is 95.7 Å². The van der Waals surface area contributed by atoms with Crippen LogP contribution >= 0.6 is 0 Å². The van der Waals surface area contributed by atoms with Gasteiger partial charge >= 0.3 is 18.3 Å². The summed E-state index contributed by atoms with van der Waals surface area (Å²) in [4.78, 5) is 57.7. The van der Waals surface area contributed by atoms with Crippen LogP contribution in [0.3, 0.4) is 0 Å². The lowest BCUT2D eigenvalue weighted by molar-refractivity contribution is -0.122. The largest absolute Gasteiger partial charge is 0.449 e. The zero-order chi connectivity index (χ0) is 36.1. The molecule has 0 spiro atoms. The molecule has 0 saturated carbocycles. The monoisotopic (exact) mass is 681 g/mol. The van der Waals surface area contributed by atoms with Gasteiger partial charge in [-0.05, 0) is 100 Å². The van der Waals surface area contributed by atoms with Crippen molar-refractivity contribution in [3.63, 3.8) is 0 Å². The van der Waals surface area contributed by atoms with Gasteiger partial charge in [0.15, 0.2) is 5.82 Å². The van der Waals surface area contributed by atoms with Crippen LogP contribution in [0.1, 0.15) is 64.2 Å². The van der Waals surface area contributed by atoms with Crippen molar-refractivity contribution < 1.29 is 33.4 Å². The van der Waals surface area contributed by atoms with Crippen molar-refractivity contribution in [2.45, 2.75) is 71.6 Å². The summed E-state index contributed by atoms with van der Waals surface area (Å²) in [6.45, 7) is 11.0. The predicted molar refractivity (Wildman–Crippen MR) is 191 cm³/mol. The van der Waals surface area contributed by atoms with Crippen molar-refractivity contribution in [3.8, 4) is 0 Å². The number of hydrogen-bond donors (Lipinski definition) is 3. The van der Waals surface area contributed by atoms with Gasteiger partial charge in [0.05, 0.1) is 12.5 Å². The summed E-state index contributed by atoms with van der Waals surface area (Å²) in [5.74, 6) is -0.647. The van der Waals surface area contributed by atoms with Crippen LogP contribution in [0.25, 0.3) is 10.8 Å². The van der Waals surface area contributed by atoms with E-state index >= 15 is 0 Å². The van der Waals surface area contributed by atoms with Gasteiger partial charge in [-0.25, -0.2) is 19.4 Å². The molecule has 0 radical (unpaired) electrons. The lowest BCUT2D eigenvalue weighted by atomic mass is 9.96. The first-order valence-corrected chi connectivity index (χ1v) is 16.4. The Kier molecular flexibility index (Phi) is 10.6. The molecule has 4 amide bonds. The molecule has 12 heteroatoms. The summed E-state index contributed by atoms with van der Waals surface area (Å²) in [6.07, 6.45) is -0.322. The Hall–Kier alpha value is -5.65. The zero-order valence-electron chi connectivity index (χ0n) is 29.2. The number of rotatable bonds is 4. The molecule has 262 valence electrons. The van der Waals surface area contributed by atoms with E-state index in [0.717, 1.165) is 21.6 Å². The Labute approximate surface area is 291 Å². The summed E-state index contributed by atoms with van der Waals surface area (Å²) < 4.78 is 16.5. The molecule has 0 saturated heterocycles. The quantitative estimate of drug-likeness (QED) is 0.186. The number of ether oxygens (including phenoxy) is 3. The Balaban J connectivity index is 1.41. The maximum Gasteiger partial charge on any atom is 0.425 e. The minimum Gasteiger partial charge on any atom is -0.449 e. The SMILES string of the molecule is CC(C)(C)OC(=O)N(C(=O)OC(C)(C)C)c1nccc2cc(NC[C@@H]3C(=O)NCc4cccc(c4)NC(=O)OCCc4ccc3cc4)ccc12. The minimum atomic E-state index is -0.907. The molecule has 0 aliphatic carbocycles. The number of imide groups is 1. The summed E-state index contributed by atoms with van der Waals surface area (Å²) in [5.41, 5.74) is 2.15. The molecule has 2 aliphatic heterocycles. The number of hydrogen-bond acceptors (Lipinski definition) is 9. The van der Waals surface area contributed by atoms with Crippen molar-refractivity contribution in [2.75, 3.05) is 28.7 Å². The topological polar surface area (TPSA) is 148 Å². The molecule has 1 aromatic heterocycles. The first-order valence-electron chi connectivity index (χ1n) is 16.4. The van der Waals surface area contributed by atoms with Crippen LogP contribution in [-0.2, 0) is 32.0 Å². The van der Waals surface area contributed by atoms with Crippen LogP contribution in [0.5, 0.6) is 0 Å². The second-order valence-corrected chi connectivity index (χ2v) is 14.0. The number of anilines is 3. The molecule has 50 heavy (non-hydrogen) atoms. The number of fused-ring (bicyclic) bond motifs is 10. The third-order valence-electron chi connectivity index (χ3n) is 7.58. The summed E-state index contributed by atoms with van der Waals surface area (Å²) in [5, 5.41) is 10.4. The number of nitrogens with zero attached hydrogens (tertiary/aromatic N) is 2. The van der Waals surface area contributed by atoms with Crippen molar-refractivity contribution >= 4 is 52.2 Å². The molecule has 4 bridgehead atoms. The molecular weight excluding hydrogens is 638 g/mol. The standard InChI is InChI=1S/C38H43N5O7/c1-37(2,3)49-35(46)43(36(47)50-38(4,5)6)32-30-15-14-28(21-27(30)16-18-39-32)40-23-31-26-12-10-24(11-13-26)17-19-48-34(45)42-29-9-7-8-25(20-29)22-41-33(31)44/h7-16,18,20-21,31,40H,17,19,22-23H2,1-6H3,(H,41,44)(H,42,45)/t31-/m0/s1. The fourth-order valence-corrected chi connectivity index (χ4v) is 5.30. The van der Waals surface area contributed by atoms with E-state index in [0.29, 0.717) is 28.6 Å². The highest BCUT2D eigenvalue weighted by Gasteiger charge is 2.34. The maximum absolute atomic E-state index is 13.7. The number of carbonyl (C=O) groups excluding carboxylic acids is 4. The predicted octanol–water partition coefficient (Wildman–Crippen LogP) is 7.53. The summed E-state index contributed by atoms with van der Waals surface area (Å²) in [6, 6.07) is 22.1. The third kappa shape index (κ3) is 9.49. The number of nitrogens with one attached hydrogen (secondary N) is 3. The maximum atomic E-state index is 13.7. The van der Waals surface area contributed by atoms with Crippen LogP contribution in [0.15, 0.2) is 79.0 Å². The highest BCUT2D eigenvalue weighted by Crippen LogP contribution is 2.30. The van der Waals surface area contributed by atoms with Crippen LogP contribution < -0.4 is 20.9 Å². The molecule has 2 aliphatic rings. The van der Waals surface area contributed by atoms with E-state index in [9.17, 15) is 19.2 Å². The second kappa shape index (κ2) is 14.9. The lowest BCUT2D eigenvalue weighted by Crippen LogP contribution is -2.44. The number of pyridine rings is 1. The number of amides is 4. The van der Waals surface area contributed by atoms with Crippen molar-refractivity contribution in [1.82, 2.24) is 10.3 Å². The number of carbonyl (C=O) groups is 4. The lowest BCUT2D eigenvalue weighted by Gasteiger charge is -2.28. The number of benzene rings is 3. The molecule has 4 aromatic rings. The van der Waals surface area contributed by atoms with E-state index in [4.69, 9.17) is 14.2 Å². The van der Waals surface area contributed by atoms with Crippen molar-refractivity contribution in [1.29, 1.82) is 0 Å². The molecule has 0 fully saturated rings. The van der Waals surface area contributed by atoms with Gasteiger partial charge in [0.1, 0.15) is 11.2 Å². The van der Waals surface area contributed by atoms with Gasteiger partial charge in [-0.3, -0.25) is 10.1 Å².